The minimum absolute atomic E-state index is 0.0179. The van der Waals surface area contributed by atoms with E-state index in [9.17, 15) is 4.79 Å². The lowest BCUT2D eigenvalue weighted by atomic mass is 10.00. The van der Waals surface area contributed by atoms with Crippen LogP contribution in [0.15, 0.2) is 35.3 Å². The SMILES string of the molecule is CCNC(CC)c1c[nH]c(=O)c2ccccc12. The fourth-order valence-electron chi connectivity index (χ4n) is 2.24. The van der Waals surface area contributed by atoms with Crippen LogP contribution in [0.3, 0.4) is 0 Å². The van der Waals surface area contributed by atoms with Crippen molar-refractivity contribution in [2.24, 2.45) is 0 Å². The third-order valence-corrected chi connectivity index (χ3v) is 3.08. The van der Waals surface area contributed by atoms with E-state index in [-0.39, 0.29) is 5.56 Å². The van der Waals surface area contributed by atoms with Crippen LogP contribution in [0.25, 0.3) is 10.8 Å². The summed E-state index contributed by atoms with van der Waals surface area (Å²) in [5.41, 5.74) is 1.15. The summed E-state index contributed by atoms with van der Waals surface area (Å²) < 4.78 is 0. The van der Waals surface area contributed by atoms with Crippen molar-refractivity contribution in [3.05, 3.63) is 46.4 Å². The van der Waals surface area contributed by atoms with Gasteiger partial charge in [0, 0.05) is 17.6 Å². The molecule has 0 radical (unpaired) electrons. The quantitative estimate of drug-likeness (QED) is 0.848. The molecule has 2 rings (SSSR count). The van der Waals surface area contributed by atoms with Gasteiger partial charge in [-0.05, 0) is 30.0 Å². The Morgan fingerprint density at radius 3 is 2.59 bits per heavy atom. The molecule has 0 bridgehead atoms. The zero-order valence-corrected chi connectivity index (χ0v) is 10.3. The predicted molar refractivity (Wildman–Crippen MR) is 71.3 cm³/mol. The van der Waals surface area contributed by atoms with Gasteiger partial charge in [-0.1, -0.05) is 32.0 Å². The van der Waals surface area contributed by atoms with E-state index in [2.05, 4.69) is 24.1 Å². The number of hydrogen-bond donors (Lipinski definition) is 2. The van der Waals surface area contributed by atoms with Crippen molar-refractivity contribution < 1.29 is 0 Å². The van der Waals surface area contributed by atoms with Gasteiger partial charge in [0.2, 0.25) is 0 Å². The molecule has 0 fully saturated rings. The molecule has 3 heteroatoms. The first-order chi connectivity index (χ1) is 8.27. The number of benzene rings is 1. The second-order valence-electron chi connectivity index (χ2n) is 4.14. The van der Waals surface area contributed by atoms with Gasteiger partial charge in [0.1, 0.15) is 0 Å². The number of aromatic nitrogens is 1. The highest BCUT2D eigenvalue weighted by Gasteiger charge is 2.12. The minimum atomic E-state index is -0.0179. The number of aromatic amines is 1. The van der Waals surface area contributed by atoms with E-state index < -0.39 is 0 Å². The van der Waals surface area contributed by atoms with E-state index in [0.29, 0.717) is 6.04 Å². The minimum Gasteiger partial charge on any atom is -0.328 e. The normalized spacial score (nSPS) is 12.8. The van der Waals surface area contributed by atoms with Crippen LogP contribution in [0, 0.1) is 0 Å². The Hall–Kier alpha value is -1.61. The average Bonchev–Trinajstić information content (AvgIpc) is 2.37. The van der Waals surface area contributed by atoms with E-state index in [1.807, 2.05) is 30.5 Å². The molecule has 0 saturated carbocycles. The average molecular weight is 230 g/mol. The Kier molecular flexibility index (Phi) is 3.59. The fourth-order valence-corrected chi connectivity index (χ4v) is 2.24. The van der Waals surface area contributed by atoms with Crippen molar-refractivity contribution in [2.45, 2.75) is 26.3 Å². The van der Waals surface area contributed by atoms with Gasteiger partial charge in [-0.15, -0.1) is 0 Å². The molecular weight excluding hydrogens is 212 g/mol. The molecule has 3 nitrogen and oxygen atoms in total. The number of rotatable bonds is 4. The summed E-state index contributed by atoms with van der Waals surface area (Å²) in [5, 5.41) is 5.25. The van der Waals surface area contributed by atoms with Gasteiger partial charge in [-0.3, -0.25) is 4.79 Å². The highest BCUT2D eigenvalue weighted by Crippen LogP contribution is 2.23. The molecule has 2 N–H and O–H groups in total. The summed E-state index contributed by atoms with van der Waals surface area (Å²) in [6.07, 6.45) is 2.84. The Morgan fingerprint density at radius 2 is 1.94 bits per heavy atom. The molecule has 17 heavy (non-hydrogen) atoms. The second-order valence-corrected chi connectivity index (χ2v) is 4.14. The largest absolute Gasteiger partial charge is 0.328 e. The van der Waals surface area contributed by atoms with Crippen molar-refractivity contribution in [1.29, 1.82) is 0 Å². The molecule has 1 heterocycles. The van der Waals surface area contributed by atoms with E-state index in [0.717, 1.165) is 23.7 Å². The van der Waals surface area contributed by atoms with Crippen LogP contribution in [-0.2, 0) is 0 Å². The van der Waals surface area contributed by atoms with Crippen LogP contribution in [0.5, 0.6) is 0 Å². The molecule has 1 aromatic heterocycles. The van der Waals surface area contributed by atoms with Gasteiger partial charge in [0.15, 0.2) is 0 Å². The number of fused-ring (bicyclic) bond motifs is 1. The van der Waals surface area contributed by atoms with Gasteiger partial charge >= 0.3 is 0 Å². The molecular formula is C14H18N2O. The van der Waals surface area contributed by atoms with Crippen molar-refractivity contribution >= 4 is 10.8 Å². The Morgan fingerprint density at radius 1 is 1.24 bits per heavy atom. The number of H-pyrrole nitrogens is 1. The molecule has 2 aromatic rings. The van der Waals surface area contributed by atoms with Crippen molar-refractivity contribution in [1.82, 2.24) is 10.3 Å². The first-order valence-corrected chi connectivity index (χ1v) is 6.11. The number of pyridine rings is 1. The molecule has 0 amide bonds. The lowest BCUT2D eigenvalue weighted by Crippen LogP contribution is -2.21. The fraction of sp³-hybridized carbons (Fsp3) is 0.357. The third kappa shape index (κ3) is 2.24. The zero-order chi connectivity index (χ0) is 12.3. The highest BCUT2D eigenvalue weighted by molar-refractivity contribution is 5.84. The highest BCUT2D eigenvalue weighted by atomic mass is 16.1. The molecule has 0 aliphatic heterocycles. The second kappa shape index (κ2) is 5.15. The number of nitrogens with one attached hydrogen (secondary N) is 2. The first kappa shape index (κ1) is 11.9. The van der Waals surface area contributed by atoms with Crippen LogP contribution in [0.2, 0.25) is 0 Å². The molecule has 0 aliphatic carbocycles. The molecule has 0 aliphatic rings. The summed E-state index contributed by atoms with van der Waals surface area (Å²) in [6, 6.07) is 8.05. The van der Waals surface area contributed by atoms with Gasteiger partial charge in [-0.25, -0.2) is 0 Å². The summed E-state index contributed by atoms with van der Waals surface area (Å²) in [6.45, 7) is 5.16. The lowest BCUT2D eigenvalue weighted by molar-refractivity contribution is 0.539. The van der Waals surface area contributed by atoms with Crippen LogP contribution >= 0.6 is 0 Å². The van der Waals surface area contributed by atoms with Gasteiger partial charge < -0.3 is 10.3 Å². The van der Waals surface area contributed by atoms with Crippen molar-refractivity contribution in [3.63, 3.8) is 0 Å². The smallest absolute Gasteiger partial charge is 0.255 e. The zero-order valence-electron chi connectivity index (χ0n) is 10.3. The molecule has 0 spiro atoms. The Bertz CT molecular complexity index is 559. The standard InChI is InChI=1S/C14H18N2O/c1-3-13(15-4-2)12-9-16-14(17)11-8-6-5-7-10(11)12/h5-9,13,15H,3-4H2,1-2H3,(H,16,17). The summed E-state index contributed by atoms with van der Waals surface area (Å²) in [5.74, 6) is 0. The predicted octanol–water partition coefficient (Wildman–Crippen LogP) is 2.59. The number of hydrogen-bond acceptors (Lipinski definition) is 2. The molecule has 1 aromatic carbocycles. The van der Waals surface area contributed by atoms with Crippen LogP contribution in [0.1, 0.15) is 31.9 Å². The van der Waals surface area contributed by atoms with Crippen molar-refractivity contribution in [2.75, 3.05) is 6.54 Å². The van der Waals surface area contributed by atoms with Crippen LogP contribution in [-0.4, -0.2) is 11.5 Å². The van der Waals surface area contributed by atoms with Gasteiger partial charge in [0.05, 0.1) is 0 Å². The van der Waals surface area contributed by atoms with E-state index >= 15 is 0 Å². The molecule has 1 unspecified atom stereocenters. The van der Waals surface area contributed by atoms with E-state index in [1.165, 1.54) is 5.56 Å². The van der Waals surface area contributed by atoms with Gasteiger partial charge in [0.25, 0.3) is 5.56 Å². The maximum Gasteiger partial charge on any atom is 0.255 e. The maximum absolute atomic E-state index is 11.7. The lowest BCUT2D eigenvalue weighted by Gasteiger charge is -2.17. The Balaban J connectivity index is 2.61. The maximum atomic E-state index is 11.7. The van der Waals surface area contributed by atoms with E-state index in [4.69, 9.17) is 0 Å². The third-order valence-electron chi connectivity index (χ3n) is 3.08. The summed E-state index contributed by atoms with van der Waals surface area (Å²) in [4.78, 5) is 14.5. The van der Waals surface area contributed by atoms with Crippen molar-refractivity contribution in [3.8, 4) is 0 Å². The molecule has 0 saturated heterocycles. The van der Waals surface area contributed by atoms with Gasteiger partial charge in [-0.2, -0.15) is 0 Å². The Labute approximate surface area is 101 Å². The summed E-state index contributed by atoms with van der Waals surface area (Å²) in [7, 11) is 0. The molecule has 1 atom stereocenters. The first-order valence-electron chi connectivity index (χ1n) is 6.11. The van der Waals surface area contributed by atoms with Crippen LogP contribution in [0.4, 0.5) is 0 Å². The topological polar surface area (TPSA) is 44.9 Å². The molecule has 90 valence electrons. The monoisotopic (exact) mass is 230 g/mol. The van der Waals surface area contributed by atoms with E-state index in [1.54, 1.807) is 0 Å². The van der Waals surface area contributed by atoms with Crippen LogP contribution < -0.4 is 10.9 Å². The summed E-state index contributed by atoms with van der Waals surface area (Å²) >= 11 is 0.